The first-order chi connectivity index (χ1) is 27.6. The van der Waals surface area contributed by atoms with Crippen molar-refractivity contribution in [2.24, 2.45) is 0 Å². The van der Waals surface area contributed by atoms with Crippen LogP contribution in [0.4, 0.5) is 30.6 Å². The first-order valence-electron chi connectivity index (χ1n) is 18.9. The molecule has 318 valence electrons. The van der Waals surface area contributed by atoms with Crippen molar-refractivity contribution in [3.8, 4) is 22.8 Å². The highest BCUT2D eigenvalue weighted by atomic mass is 16.6. The van der Waals surface area contributed by atoms with Crippen LogP contribution in [0.3, 0.4) is 0 Å². The summed E-state index contributed by atoms with van der Waals surface area (Å²) in [7, 11) is 0. The van der Waals surface area contributed by atoms with Crippen LogP contribution in [0.5, 0.6) is 0 Å². The molecular weight excluding hydrogens is 777 g/mol. The molecule has 18 heteroatoms. The minimum atomic E-state index is -0.799. The number of non-ortho nitro benzene ring substituents is 1. The lowest BCUT2D eigenvalue weighted by molar-refractivity contribution is -0.384. The minimum Gasteiger partial charge on any atom is -0.443 e. The molecule has 0 radical (unpaired) electrons. The van der Waals surface area contributed by atoms with E-state index in [1.54, 1.807) is 132 Å². The Morgan fingerprint density at radius 3 is 1.32 bits per heavy atom. The Bertz CT molecular complexity index is 2620. The van der Waals surface area contributed by atoms with E-state index in [1.165, 1.54) is 38.2 Å². The molecule has 4 heterocycles. The molecule has 4 aromatic heterocycles. The third-order valence-electron chi connectivity index (χ3n) is 7.88. The van der Waals surface area contributed by atoms with Gasteiger partial charge in [0.1, 0.15) is 33.8 Å². The van der Waals surface area contributed by atoms with Gasteiger partial charge < -0.3 is 24.7 Å². The van der Waals surface area contributed by atoms with Crippen molar-refractivity contribution in [2.45, 2.75) is 105 Å². The van der Waals surface area contributed by atoms with Gasteiger partial charge in [0.2, 0.25) is 0 Å². The molecule has 0 aliphatic rings. The molecule has 0 spiro atoms. The molecule has 60 heavy (non-hydrogen) atoms. The Labute approximate surface area is 345 Å². The maximum atomic E-state index is 12.8. The van der Waals surface area contributed by atoms with Crippen LogP contribution in [0.2, 0.25) is 0 Å². The lowest BCUT2D eigenvalue weighted by Gasteiger charge is -2.20. The highest BCUT2D eigenvalue weighted by molar-refractivity contribution is 6.00. The Morgan fingerprint density at radius 1 is 0.567 bits per heavy atom. The van der Waals surface area contributed by atoms with Gasteiger partial charge >= 0.3 is 24.4 Å². The third kappa shape index (κ3) is 10.4. The smallest absolute Gasteiger partial charge is 0.435 e. The number of nitro benzene ring substituents is 1. The Hall–Kier alpha value is -6.98. The van der Waals surface area contributed by atoms with Crippen LogP contribution in [0, 0.1) is 10.1 Å². The molecule has 0 aliphatic heterocycles. The van der Waals surface area contributed by atoms with E-state index in [2.05, 4.69) is 10.2 Å². The summed E-state index contributed by atoms with van der Waals surface area (Å²) in [5.41, 5.74) is 5.64. The number of anilines is 1. The number of ether oxygens (including phenoxy) is 4. The normalized spacial score (nSPS) is 12.1. The lowest BCUT2D eigenvalue weighted by atomic mass is 10.1. The van der Waals surface area contributed by atoms with Crippen molar-refractivity contribution in [1.82, 2.24) is 28.7 Å². The van der Waals surface area contributed by atoms with Crippen LogP contribution in [0.15, 0.2) is 73.1 Å². The summed E-state index contributed by atoms with van der Waals surface area (Å²) in [6.07, 6.45) is 0.545. The molecule has 18 nitrogen and oxygen atoms in total. The van der Waals surface area contributed by atoms with Crippen LogP contribution < -0.4 is 5.73 Å². The number of rotatable bonds is 3. The zero-order chi connectivity index (χ0) is 44.7. The van der Waals surface area contributed by atoms with Crippen molar-refractivity contribution in [3.63, 3.8) is 0 Å². The van der Waals surface area contributed by atoms with Crippen LogP contribution in [0.1, 0.15) is 83.1 Å². The first kappa shape index (κ1) is 44.1. The number of carbonyl (C=O) groups excluding carboxylic acids is 4. The fourth-order valence-corrected chi connectivity index (χ4v) is 5.70. The highest BCUT2D eigenvalue weighted by Crippen LogP contribution is 2.33. The zero-order valence-electron chi connectivity index (χ0n) is 35.7. The van der Waals surface area contributed by atoms with Gasteiger partial charge in [0.15, 0.2) is 0 Å². The van der Waals surface area contributed by atoms with Crippen molar-refractivity contribution in [2.75, 3.05) is 5.73 Å². The fraction of sp³-hybridized carbons (Fsp3) is 0.381. The summed E-state index contributed by atoms with van der Waals surface area (Å²) >= 11 is 0. The van der Waals surface area contributed by atoms with Gasteiger partial charge in [-0.1, -0.05) is 0 Å². The molecule has 6 aromatic rings. The Morgan fingerprint density at radius 2 is 0.933 bits per heavy atom. The topological polar surface area (TPSA) is 220 Å². The number of nitrogens with zero attached hydrogens (tertiary/aromatic N) is 7. The largest absolute Gasteiger partial charge is 0.443 e. The summed E-state index contributed by atoms with van der Waals surface area (Å²) in [6.45, 7) is 21.1. The predicted octanol–water partition coefficient (Wildman–Crippen LogP) is 9.63. The van der Waals surface area contributed by atoms with Gasteiger partial charge in [-0.25, -0.2) is 19.2 Å². The highest BCUT2D eigenvalue weighted by Gasteiger charge is 2.29. The molecule has 2 aromatic carbocycles. The van der Waals surface area contributed by atoms with E-state index in [0.29, 0.717) is 39.1 Å². The average Bonchev–Trinajstić information content (AvgIpc) is 3.89. The number of fused-ring (bicyclic) bond motifs is 2. The van der Waals surface area contributed by atoms with Gasteiger partial charge in [0, 0.05) is 41.0 Å². The Kier molecular flexibility index (Phi) is 11.8. The molecule has 0 saturated heterocycles. The van der Waals surface area contributed by atoms with E-state index in [0.717, 1.165) is 4.68 Å². The van der Waals surface area contributed by atoms with Crippen molar-refractivity contribution >= 4 is 57.6 Å². The summed E-state index contributed by atoms with van der Waals surface area (Å²) in [6, 6.07) is 15.9. The molecule has 6 rings (SSSR count). The third-order valence-corrected chi connectivity index (χ3v) is 7.88. The first-order valence-corrected chi connectivity index (χ1v) is 18.9. The number of aromatic nitrogens is 6. The number of nitrogens with two attached hydrogens (primary N) is 1. The van der Waals surface area contributed by atoms with E-state index >= 15 is 0 Å². The van der Waals surface area contributed by atoms with Gasteiger partial charge in [-0.2, -0.15) is 19.6 Å². The van der Waals surface area contributed by atoms with E-state index in [-0.39, 0.29) is 16.9 Å². The molecule has 2 N–H and O–H groups in total. The quantitative estimate of drug-likeness (QED) is 0.0761. The molecule has 0 unspecified atom stereocenters. The monoisotopic (exact) mass is 826 g/mol. The average molecular weight is 827 g/mol. The summed E-state index contributed by atoms with van der Waals surface area (Å²) in [4.78, 5) is 61.4. The maximum absolute atomic E-state index is 12.8. The fourth-order valence-electron chi connectivity index (χ4n) is 5.70. The second-order valence-corrected chi connectivity index (χ2v) is 17.7. The Balaban J connectivity index is 0.000000228. The van der Waals surface area contributed by atoms with E-state index < -0.39 is 51.7 Å². The minimum absolute atomic E-state index is 0.190. The molecule has 0 saturated carbocycles. The summed E-state index contributed by atoms with van der Waals surface area (Å²) in [5.74, 6) is 0. The molecule has 0 bridgehead atoms. The predicted molar refractivity (Wildman–Crippen MR) is 224 cm³/mol. The van der Waals surface area contributed by atoms with Crippen LogP contribution in [-0.4, -0.2) is 80.4 Å². The van der Waals surface area contributed by atoms with Crippen LogP contribution in [0.25, 0.3) is 44.6 Å². The molecule has 0 amide bonds. The van der Waals surface area contributed by atoms with Crippen molar-refractivity contribution in [3.05, 3.63) is 83.2 Å². The van der Waals surface area contributed by atoms with Crippen LogP contribution in [-0.2, 0) is 18.9 Å². The second kappa shape index (κ2) is 16.0. The molecule has 0 aliphatic carbocycles. The van der Waals surface area contributed by atoms with E-state index in [9.17, 15) is 29.3 Å². The van der Waals surface area contributed by atoms with Gasteiger partial charge in [0.25, 0.3) is 5.69 Å². The summed E-state index contributed by atoms with van der Waals surface area (Å²) in [5, 5.41) is 21.2. The lowest BCUT2D eigenvalue weighted by Crippen LogP contribution is -2.28. The van der Waals surface area contributed by atoms with E-state index in [1.807, 2.05) is 0 Å². The number of hydrogen-bond donors (Lipinski definition) is 1. The zero-order valence-corrected chi connectivity index (χ0v) is 35.7. The van der Waals surface area contributed by atoms with Crippen molar-refractivity contribution in [1.29, 1.82) is 0 Å². The van der Waals surface area contributed by atoms with Gasteiger partial charge in [-0.15, -0.1) is 0 Å². The number of nitro groups is 1. The van der Waals surface area contributed by atoms with Gasteiger partial charge in [-0.05, 0) is 132 Å². The van der Waals surface area contributed by atoms with Gasteiger partial charge in [-0.3, -0.25) is 19.2 Å². The standard InChI is InChI=1S/C21H24N4O6.C21H26N4O4/c1-20(2,3)30-18(26)23-11-7-8-15(23)17-14-10-9-13(25(28)29)12-16(14)24(22-17)19(27)31-21(4,5)6;1-20(2,3)28-18(26)24-11-7-8-15(24)17-14-10-9-13(22)12-16(14)25(23-17)19(27)29-21(4,5)6/h7-12H,1-6H3;7-12H,22H2,1-6H3. The molecule has 0 atom stereocenters. The molecule has 0 fully saturated rings. The second-order valence-electron chi connectivity index (χ2n) is 17.7. The van der Waals surface area contributed by atoms with Crippen molar-refractivity contribution < 1.29 is 43.0 Å². The van der Waals surface area contributed by atoms with E-state index in [4.69, 9.17) is 24.7 Å². The maximum Gasteiger partial charge on any atom is 0.435 e. The van der Waals surface area contributed by atoms with Crippen LogP contribution >= 0.6 is 0 Å². The molecular formula is C42H50N8O10. The number of carbonyl (C=O) groups is 4. The summed E-state index contributed by atoms with van der Waals surface area (Å²) < 4.78 is 26.5. The number of nitrogen functional groups attached to an aromatic ring is 1. The SMILES string of the molecule is CC(C)(C)OC(=O)n1cccc1-c1nn(C(=O)OC(C)(C)C)c2cc(N)ccc12.CC(C)(C)OC(=O)n1cccc1-c1nn(C(=O)OC(C)(C)C)c2cc([N+](=O)[O-])ccc12. The number of benzene rings is 2. The van der Waals surface area contributed by atoms with Gasteiger partial charge in [0.05, 0.1) is 27.3 Å². The number of hydrogen-bond acceptors (Lipinski definition) is 13.